The zero-order valence-electron chi connectivity index (χ0n) is 13.1. The fraction of sp³-hybridized carbons (Fsp3) is 0.250. The van der Waals surface area contributed by atoms with Gasteiger partial charge in [0.05, 0.1) is 5.56 Å². The fourth-order valence-electron chi connectivity index (χ4n) is 1.77. The molecule has 0 saturated heterocycles. The molecule has 1 unspecified atom stereocenters. The van der Waals surface area contributed by atoms with E-state index in [1.165, 1.54) is 24.3 Å². The first-order valence-electron chi connectivity index (χ1n) is 7.00. The molecule has 0 bridgehead atoms. The zero-order chi connectivity index (χ0) is 18.3. The Morgan fingerprint density at radius 2 is 1.75 bits per heavy atom. The highest BCUT2D eigenvalue weighted by molar-refractivity contribution is 6.06. The quantitative estimate of drug-likeness (QED) is 0.437. The molecule has 1 amide bonds. The number of carbonyl (C=O) groups is 3. The number of hydrogen-bond donors (Lipinski definition) is 4. The number of rotatable bonds is 7. The van der Waals surface area contributed by atoms with Gasteiger partial charge in [-0.3, -0.25) is 4.79 Å². The largest absolute Gasteiger partial charge is 0.480 e. The minimum atomic E-state index is -1.09. The van der Waals surface area contributed by atoms with Crippen LogP contribution in [0.2, 0.25) is 0 Å². The van der Waals surface area contributed by atoms with Crippen LogP contribution in [0.3, 0.4) is 0 Å². The van der Waals surface area contributed by atoms with Crippen LogP contribution in [0.1, 0.15) is 24.2 Å². The number of nitriles is 1. The number of aliphatic carboxylic acids is 1. The summed E-state index contributed by atoms with van der Waals surface area (Å²) in [6.45, 7) is 3.38. The number of anilines is 1. The first-order chi connectivity index (χ1) is 11.3. The van der Waals surface area contributed by atoms with Crippen molar-refractivity contribution in [3.05, 3.63) is 41.6 Å². The summed E-state index contributed by atoms with van der Waals surface area (Å²) in [6.07, 6.45) is 1.06. The van der Waals surface area contributed by atoms with E-state index in [4.69, 9.17) is 15.5 Å². The Morgan fingerprint density at radius 1 is 1.17 bits per heavy atom. The molecule has 0 aliphatic carbocycles. The average Bonchev–Trinajstić information content (AvgIpc) is 2.51. The molecule has 0 radical (unpaired) electrons. The highest BCUT2D eigenvalue weighted by Crippen LogP contribution is 2.11. The van der Waals surface area contributed by atoms with Crippen LogP contribution in [0.5, 0.6) is 0 Å². The molecule has 1 atom stereocenters. The number of hydrogen-bond acceptors (Lipinski definition) is 5. The van der Waals surface area contributed by atoms with Crippen LogP contribution in [-0.2, 0) is 9.59 Å². The van der Waals surface area contributed by atoms with Gasteiger partial charge in [0.2, 0.25) is 0 Å². The summed E-state index contributed by atoms with van der Waals surface area (Å²) in [5.74, 6) is -3.17. The van der Waals surface area contributed by atoms with Crippen molar-refractivity contribution in [2.24, 2.45) is 5.92 Å². The van der Waals surface area contributed by atoms with Crippen molar-refractivity contribution in [2.75, 3.05) is 5.32 Å². The number of carbonyl (C=O) groups excluding carboxylic acids is 1. The number of carboxylic acid groups (broad SMARTS) is 2. The molecule has 0 heterocycles. The van der Waals surface area contributed by atoms with E-state index in [0.29, 0.717) is 5.69 Å². The van der Waals surface area contributed by atoms with Crippen LogP contribution in [-0.4, -0.2) is 34.1 Å². The van der Waals surface area contributed by atoms with Gasteiger partial charge in [-0.15, -0.1) is 0 Å². The van der Waals surface area contributed by atoms with Crippen molar-refractivity contribution >= 4 is 23.5 Å². The second-order valence-corrected chi connectivity index (χ2v) is 5.23. The maximum Gasteiger partial charge on any atom is 0.335 e. The van der Waals surface area contributed by atoms with Crippen molar-refractivity contribution < 1.29 is 24.6 Å². The second kappa shape index (κ2) is 8.33. The van der Waals surface area contributed by atoms with Crippen LogP contribution < -0.4 is 10.6 Å². The van der Waals surface area contributed by atoms with Gasteiger partial charge in [0.1, 0.15) is 17.7 Å². The van der Waals surface area contributed by atoms with Gasteiger partial charge in [-0.2, -0.15) is 5.26 Å². The molecule has 0 saturated carbocycles. The highest BCUT2D eigenvalue weighted by Gasteiger charge is 2.20. The molecule has 126 valence electrons. The van der Waals surface area contributed by atoms with Gasteiger partial charge in [0.15, 0.2) is 0 Å². The van der Waals surface area contributed by atoms with Crippen LogP contribution in [0.25, 0.3) is 0 Å². The van der Waals surface area contributed by atoms with Gasteiger partial charge in [0.25, 0.3) is 5.91 Å². The Bertz CT molecular complexity index is 701. The van der Waals surface area contributed by atoms with Crippen LogP contribution in [0, 0.1) is 17.2 Å². The smallest absolute Gasteiger partial charge is 0.335 e. The summed E-state index contributed by atoms with van der Waals surface area (Å²) >= 11 is 0. The van der Waals surface area contributed by atoms with E-state index in [9.17, 15) is 14.4 Å². The summed E-state index contributed by atoms with van der Waals surface area (Å²) < 4.78 is 0. The third-order valence-corrected chi connectivity index (χ3v) is 3.09. The third-order valence-electron chi connectivity index (χ3n) is 3.09. The van der Waals surface area contributed by atoms with E-state index >= 15 is 0 Å². The first kappa shape index (κ1) is 18.7. The van der Waals surface area contributed by atoms with Gasteiger partial charge < -0.3 is 20.8 Å². The highest BCUT2D eigenvalue weighted by atomic mass is 16.4. The molecule has 8 nitrogen and oxygen atoms in total. The van der Waals surface area contributed by atoms with E-state index in [-0.39, 0.29) is 17.1 Å². The maximum atomic E-state index is 12.0. The lowest BCUT2D eigenvalue weighted by Crippen LogP contribution is -2.38. The molecule has 1 aromatic rings. The first-order valence-corrected chi connectivity index (χ1v) is 7.00. The lowest BCUT2D eigenvalue weighted by molar-refractivity contribution is -0.140. The Labute approximate surface area is 138 Å². The van der Waals surface area contributed by atoms with Crippen molar-refractivity contribution in [3.63, 3.8) is 0 Å². The number of aromatic carboxylic acids is 1. The summed E-state index contributed by atoms with van der Waals surface area (Å²) in [6, 6.07) is 6.15. The SMILES string of the molecule is CC(C)C(N/C=C(/C#N)C(=O)Nc1ccc(C(=O)O)cc1)C(=O)O. The van der Waals surface area contributed by atoms with Gasteiger partial charge in [-0.25, -0.2) is 9.59 Å². The van der Waals surface area contributed by atoms with Crippen LogP contribution >= 0.6 is 0 Å². The summed E-state index contributed by atoms with van der Waals surface area (Å²) in [4.78, 5) is 33.8. The molecule has 0 aliphatic heterocycles. The van der Waals surface area contributed by atoms with E-state index in [0.717, 1.165) is 6.20 Å². The maximum absolute atomic E-state index is 12.0. The molecule has 0 fully saturated rings. The monoisotopic (exact) mass is 331 g/mol. The van der Waals surface area contributed by atoms with Crippen molar-refractivity contribution in [1.29, 1.82) is 5.26 Å². The molecule has 24 heavy (non-hydrogen) atoms. The Kier molecular flexibility index (Phi) is 6.50. The molecule has 1 aromatic carbocycles. The number of nitrogens with one attached hydrogen (secondary N) is 2. The van der Waals surface area contributed by atoms with E-state index < -0.39 is 23.9 Å². The van der Waals surface area contributed by atoms with Crippen molar-refractivity contribution in [2.45, 2.75) is 19.9 Å². The molecular formula is C16H17N3O5. The minimum Gasteiger partial charge on any atom is -0.480 e. The second-order valence-electron chi connectivity index (χ2n) is 5.23. The Hall–Kier alpha value is -3.34. The molecule has 0 spiro atoms. The summed E-state index contributed by atoms with van der Waals surface area (Å²) in [7, 11) is 0. The van der Waals surface area contributed by atoms with Gasteiger partial charge in [-0.1, -0.05) is 13.8 Å². The number of benzene rings is 1. The van der Waals surface area contributed by atoms with E-state index in [2.05, 4.69) is 10.6 Å². The summed E-state index contributed by atoms with van der Waals surface area (Å²) in [5, 5.41) is 31.9. The Morgan fingerprint density at radius 3 is 2.17 bits per heavy atom. The number of amides is 1. The third kappa shape index (κ3) is 5.14. The van der Waals surface area contributed by atoms with Gasteiger partial charge in [0, 0.05) is 11.9 Å². The fourth-order valence-corrected chi connectivity index (χ4v) is 1.77. The van der Waals surface area contributed by atoms with E-state index in [1.54, 1.807) is 19.9 Å². The standard InChI is InChI=1S/C16H17N3O5/c1-9(2)13(16(23)24)18-8-11(7-17)14(20)19-12-5-3-10(4-6-12)15(21)22/h3-6,8-9,13,18H,1-2H3,(H,19,20)(H,21,22)(H,23,24)/b11-8-. The predicted octanol–water partition coefficient (Wildman–Crippen LogP) is 1.43. The number of carboxylic acids is 2. The zero-order valence-corrected chi connectivity index (χ0v) is 13.1. The van der Waals surface area contributed by atoms with Crippen LogP contribution in [0.15, 0.2) is 36.0 Å². The van der Waals surface area contributed by atoms with Gasteiger partial charge >= 0.3 is 11.9 Å². The van der Waals surface area contributed by atoms with Gasteiger partial charge in [-0.05, 0) is 30.2 Å². The molecule has 0 aromatic heterocycles. The Balaban J connectivity index is 2.83. The predicted molar refractivity (Wildman–Crippen MR) is 85.1 cm³/mol. The lowest BCUT2D eigenvalue weighted by atomic mass is 10.1. The lowest BCUT2D eigenvalue weighted by Gasteiger charge is -2.16. The average molecular weight is 331 g/mol. The van der Waals surface area contributed by atoms with Crippen LogP contribution in [0.4, 0.5) is 5.69 Å². The summed E-state index contributed by atoms with van der Waals surface area (Å²) in [5.41, 5.74) is 0.0703. The molecule has 8 heteroatoms. The molecule has 0 aliphatic rings. The van der Waals surface area contributed by atoms with E-state index in [1.807, 2.05) is 0 Å². The van der Waals surface area contributed by atoms with Crippen molar-refractivity contribution in [3.8, 4) is 6.07 Å². The minimum absolute atomic E-state index is 0.0620. The molecule has 1 rings (SSSR count). The number of nitrogens with zero attached hydrogens (tertiary/aromatic N) is 1. The molecular weight excluding hydrogens is 314 g/mol. The normalized spacial score (nSPS) is 12.2. The van der Waals surface area contributed by atoms with Crippen molar-refractivity contribution in [1.82, 2.24) is 5.32 Å². The molecule has 4 N–H and O–H groups in total. The topological polar surface area (TPSA) is 140 Å².